The second-order valence-corrected chi connectivity index (χ2v) is 9.07. The zero-order valence-corrected chi connectivity index (χ0v) is 19.1. The van der Waals surface area contributed by atoms with E-state index in [1.807, 2.05) is 24.3 Å². The fraction of sp³-hybridized carbons (Fsp3) is 0.423. The average Bonchev–Trinajstić information content (AvgIpc) is 3.42. The molecule has 2 amide bonds. The van der Waals surface area contributed by atoms with Gasteiger partial charge in [-0.25, -0.2) is 9.59 Å². The van der Waals surface area contributed by atoms with Crippen molar-refractivity contribution in [2.45, 2.75) is 44.2 Å². The van der Waals surface area contributed by atoms with Gasteiger partial charge in [0.25, 0.3) is 0 Å². The molecule has 180 valence electrons. The molecule has 0 saturated heterocycles. The van der Waals surface area contributed by atoms with Crippen molar-refractivity contribution in [2.24, 2.45) is 11.8 Å². The highest BCUT2D eigenvalue weighted by atomic mass is 16.5. The number of carbonyl (C=O) groups is 3. The molecular weight excluding hydrogens is 436 g/mol. The summed E-state index contributed by atoms with van der Waals surface area (Å²) in [4.78, 5) is 36.4. The van der Waals surface area contributed by atoms with E-state index in [0.717, 1.165) is 35.1 Å². The quantitative estimate of drug-likeness (QED) is 0.474. The monoisotopic (exact) mass is 466 g/mol. The van der Waals surface area contributed by atoms with Gasteiger partial charge in [0.05, 0.1) is 6.10 Å². The van der Waals surface area contributed by atoms with E-state index >= 15 is 0 Å². The molecule has 8 nitrogen and oxygen atoms in total. The van der Waals surface area contributed by atoms with Crippen LogP contribution in [-0.4, -0.2) is 53.5 Å². The molecule has 0 unspecified atom stereocenters. The van der Waals surface area contributed by atoms with Crippen molar-refractivity contribution in [3.05, 3.63) is 59.7 Å². The van der Waals surface area contributed by atoms with E-state index in [1.54, 1.807) is 0 Å². The van der Waals surface area contributed by atoms with Crippen molar-refractivity contribution >= 4 is 18.0 Å². The van der Waals surface area contributed by atoms with Gasteiger partial charge in [0.2, 0.25) is 5.91 Å². The van der Waals surface area contributed by atoms with Crippen molar-refractivity contribution in [3.8, 4) is 11.1 Å². The first-order valence-corrected chi connectivity index (χ1v) is 11.7. The number of benzene rings is 2. The molecule has 0 aliphatic heterocycles. The van der Waals surface area contributed by atoms with E-state index in [9.17, 15) is 24.6 Å². The summed E-state index contributed by atoms with van der Waals surface area (Å²) < 4.78 is 5.56. The molecule has 8 heteroatoms. The first kappa shape index (κ1) is 23.8. The number of hydrogen-bond acceptors (Lipinski definition) is 5. The second-order valence-electron chi connectivity index (χ2n) is 9.07. The molecule has 1 fully saturated rings. The van der Waals surface area contributed by atoms with E-state index in [4.69, 9.17) is 4.74 Å². The molecule has 4 N–H and O–H groups in total. The zero-order chi connectivity index (χ0) is 24.2. The Labute approximate surface area is 198 Å². The lowest BCUT2D eigenvalue weighted by atomic mass is 9.94. The Morgan fingerprint density at radius 1 is 1.03 bits per heavy atom. The minimum absolute atomic E-state index is 0.0309. The lowest BCUT2D eigenvalue weighted by molar-refractivity contribution is -0.145. The molecule has 1 saturated carbocycles. The Balaban J connectivity index is 1.31. The van der Waals surface area contributed by atoms with Crippen LogP contribution in [0.3, 0.4) is 0 Å². The number of alkyl carbamates (subject to hydrolysis) is 1. The molecule has 0 spiro atoms. The summed E-state index contributed by atoms with van der Waals surface area (Å²) in [6, 6.07) is 14.9. The average molecular weight is 467 g/mol. The minimum atomic E-state index is -1.36. The van der Waals surface area contributed by atoms with Gasteiger partial charge in [0, 0.05) is 18.4 Å². The summed E-state index contributed by atoms with van der Waals surface area (Å²) in [5.74, 6) is -2.27. The first-order valence-electron chi connectivity index (χ1n) is 11.7. The fourth-order valence-electron chi connectivity index (χ4n) is 5.14. The van der Waals surface area contributed by atoms with Crippen LogP contribution in [0.5, 0.6) is 0 Å². The lowest BCUT2D eigenvalue weighted by Crippen LogP contribution is -2.50. The Kier molecular flexibility index (Phi) is 7.17. The predicted molar refractivity (Wildman–Crippen MR) is 125 cm³/mol. The van der Waals surface area contributed by atoms with E-state index in [-0.39, 0.29) is 25.0 Å². The van der Waals surface area contributed by atoms with Crippen LogP contribution in [0.25, 0.3) is 11.1 Å². The Morgan fingerprint density at radius 3 is 2.24 bits per heavy atom. The van der Waals surface area contributed by atoms with E-state index < -0.39 is 36.0 Å². The van der Waals surface area contributed by atoms with Crippen molar-refractivity contribution < 1.29 is 29.3 Å². The van der Waals surface area contributed by atoms with E-state index in [1.165, 1.54) is 6.92 Å². The number of nitrogens with one attached hydrogen (secondary N) is 2. The van der Waals surface area contributed by atoms with Crippen LogP contribution in [0, 0.1) is 11.8 Å². The first-order chi connectivity index (χ1) is 16.4. The van der Waals surface area contributed by atoms with Crippen LogP contribution in [0.2, 0.25) is 0 Å². The number of carboxylic acids is 1. The lowest BCUT2D eigenvalue weighted by Gasteiger charge is -2.23. The molecule has 4 atom stereocenters. The molecule has 2 aliphatic carbocycles. The van der Waals surface area contributed by atoms with E-state index in [2.05, 4.69) is 34.9 Å². The number of carboxylic acid groups (broad SMARTS) is 1. The number of carbonyl (C=O) groups excluding carboxylic acids is 2. The van der Waals surface area contributed by atoms with Crippen molar-refractivity contribution in [1.29, 1.82) is 0 Å². The molecule has 0 bridgehead atoms. The summed E-state index contributed by atoms with van der Waals surface area (Å²) in [7, 11) is 0. The molecule has 34 heavy (non-hydrogen) atoms. The highest BCUT2D eigenvalue weighted by Gasteiger charge is 2.36. The van der Waals surface area contributed by atoms with Crippen LogP contribution in [0.1, 0.15) is 43.2 Å². The number of aliphatic hydroxyl groups is 1. The fourth-order valence-corrected chi connectivity index (χ4v) is 5.14. The Bertz CT molecular complexity index is 1020. The molecular formula is C26H30N2O6. The highest BCUT2D eigenvalue weighted by Crippen LogP contribution is 2.44. The van der Waals surface area contributed by atoms with Gasteiger partial charge in [-0.1, -0.05) is 55.0 Å². The van der Waals surface area contributed by atoms with Crippen molar-refractivity contribution in [2.75, 3.05) is 13.2 Å². The summed E-state index contributed by atoms with van der Waals surface area (Å²) in [5, 5.41) is 24.0. The zero-order valence-electron chi connectivity index (χ0n) is 19.1. The van der Waals surface area contributed by atoms with Gasteiger partial charge < -0.3 is 25.6 Å². The third-order valence-electron chi connectivity index (χ3n) is 6.89. The largest absolute Gasteiger partial charge is 0.480 e. The normalized spacial score (nSPS) is 20.6. The van der Waals surface area contributed by atoms with Crippen molar-refractivity contribution in [3.63, 3.8) is 0 Å². The molecule has 2 aliphatic rings. The molecule has 0 aromatic heterocycles. The van der Waals surface area contributed by atoms with Crippen LogP contribution >= 0.6 is 0 Å². The van der Waals surface area contributed by atoms with Gasteiger partial charge in [0.15, 0.2) is 6.04 Å². The number of hydrogen-bond donors (Lipinski definition) is 4. The summed E-state index contributed by atoms with van der Waals surface area (Å²) in [6.45, 7) is 1.80. The number of aliphatic hydroxyl groups excluding tert-OH is 1. The number of fused-ring (bicyclic) bond motifs is 3. The smallest absolute Gasteiger partial charge is 0.407 e. The number of aliphatic carboxylic acids is 1. The Morgan fingerprint density at radius 2 is 1.65 bits per heavy atom. The number of ether oxygens (including phenoxy) is 1. The van der Waals surface area contributed by atoms with Crippen LogP contribution < -0.4 is 10.6 Å². The summed E-state index contributed by atoms with van der Waals surface area (Å²) in [6.07, 6.45) is 0.408. The summed E-state index contributed by atoms with van der Waals surface area (Å²) >= 11 is 0. The van der Waals surface area contributed by atoms with Gasteiger partial charge in [-0.3, -0.25) is 4.79 Å². The molecule has 4 rings (SSSR count). The van der Waals surface area contributed by atoms with Gasteiger partial charge >= 0.3 is 12.1 Å². The Hall–Kier alpha value is -3.39. The molecule has 2 aromatic rings. The minimum Gasteiger partial charge on any atom is -0.480 e. The van der Waals surface area contributed by atoms with E-state index in [0.29, 0.717) is 6.42 Å². The highest BCUT2D eigenvalue weighted by molar-refractivity contribution is 5.85. The van der Waals surface area contributed by atoms with Crippen molar-refractivity contribution in [1.82, 2.24) is 10.6 Å². The standard InChI is InChI=1S/C26H30N2O6/c1-15(29)23(25(31)32)28-24(30)17-12-6-7-16(17)13-27-26(33)34-14-22-20-10-4-2-8-18(20)19-9-3-5-11-21(19)22/h2-5,8-11,15-17,22-23,29H,6-7,12-14H2,1H3,(H,27,33)(H,28,30)(H,31,32)/t15-,16+,17+,23+/m1/s1. The number of rotatable bonds is 8. The SMILES string of the molecule is C[C@@H](O)[C@H](NC(=O)[C@H]1CCC[C@H]1CNC(=O)OCC1c2ccccc2-c2ccccc21)C(=O)O. The third kappa shape index (κ3) is 4.92. The maximum atomic E-state index is 12.6. The predicted octanol–water partition coefficient (Wildman–Crippen LogP) is 2.89. The van der Waals surface area contributed by atoms with Crippen LogP contribution in [-0.2, 0) is 14.3 Å². The molecule has 2 aromatic carbocycles. The maximum Gasteiger partial charge on any atom is 0.407 e. The van der Waals surface area contributed by atoms with Crippen LogP contribution in [0.15, 0.2) is 48.5 Å². The van der Waals surface area contributed by atoms with Gasteiger partial charge in [-0.15, -0.1) is 0 Å². The van der Waals surface area contributed by atoms with Gasteiger partial charge in [0.1, 0.15) is 6.61 Å². The van der Waals surface area contributed by atoms with Gasteiger partial charge in [-0.2, -0.15) is 0 Å². The maximum absolute atomic E-state index is 12.6. The number of amides is 2. The second kappa shape index (κ2) is 10.3. The molecule has 0 heterocycles. The topological polar surface area (TPSA) is 125 Å². The molecule has 0 radical (unpaired) electrons. The van der Waals surface area contributed by atoms with Crippen LogP contribution in [0.4, 0.5) is 4.79 Å². The summed E-state index contributed by atoms with van der Waals surface area (Å²) in [5.41, 5.74) is 4.58. The van der Waals surface area contributed by atoms with Gasteiger partial charge in [-0.05, 0) is 47.9 Å². The third-order valence-corrected chi connectivity index (χ3v) is 6.89.